The molecule has 2 N–H and O–H groups in total. The van der Waals surface area contributed by atoms with Gasteiger partial charge in [0.15, 0.2) is 5.75 Å². The van der Waals surface area contributed by atoms with Gasteiger partial charge in [0.25, 0.3) is 0 Å². The van der Waals surface area contributed by atoms with Crippen molar-refractivity contribution in [3.63, 3.8) is 0 Å². The Kier molecular flexibility index (Phi) is 2.09. The summed E-state index contributed by atoms with van der Waals surface area (Å²) < 4.78 is 0. The van der Waals surface area contributed by atoms with E-state index < -0.39 is 0 Å². The minimum absolute atomic E-state index is 0.0228. The van der Waals surface area contributed by atoms with E-state index in [0.29, 0.717) is 10.9 Å². The van der Waals surface area contributed by atoms with Crippen LogP contribution in [0.4, 0.5) is 0 Å². The third kappa shape index (κ3) is 1.46. The van der Waals surface area contributed by atoms with Gasteiger partial charge in [-0.1, -0.05) is 18.2 Å². The molecule has 3 aromatic rings. The highest BCUT2D eigenvalue weighted by atomic mass is 17.1. The second-order valence-electron chi connectivity index (χ2n) is 3.75. The van der Waals surface area contributed by atoms with Crippen LogP contribution in [-0.4, -0.2) is 15.3 Å². The molecule has 4 heteroatoms. The number of hydrogen-bond donors (Lipinski definition) is 2. The molecule has 0 saturated heterocycles. The van der Waals surface area contributed by atoms with Gasteiger partial charge < -0.3 is 9.99 Å². The Balaban J connectivity index is 2.44. The number of rotatable bonds is 1. The quantitative estimate of drug-likeness (QED) is 0.381. The zero-order valence-corrected chi connectivity index (χ0v) is 8.79. The van der Waals surface area contributed by atoms with Crippen molar-refractivity contribution < 1.29 is 15.3 Å². The maximum Gasteiger partial charge on any atom is 0.207 e. The number of phenols is 1. The summed E-state index contributed by atoms with van der Waals surface area (Å²) in [5.74, 6) is -0.0853. The molecule has 0 aliphatic rings. The van der Waals surface area contributed by atoms with Gasteiger partial charge in [0.1, 0.15) is 0 Å². The topological polar surface area (TPSA) is 62.6 Å². The zero-order valence-electron chi connectivity index (χ0n) is 8.79. The predicted octanol–water partition coefficient (Wildman–Crippen LogP) is 2.95. The van der Waals surface area contributed by atoms with Crippen LogP contribution in [0.1, 0.15) is 0 Å². The monoisotopic (exact) mass is 227 g/mol. The molecule has 84 valence electrons. The van der Waals surface area contributed by atoms with Crippen molar-refractivity contribution in [2.75, 3.05) is 0 Å². The minimum atomic E-state index is -0.108. The van der Waals surface area contributed by atoms with Crippen LogP contribution in [0.5, 0.6) is 11.5 Å². The molecule has 0 aliphatic heterocycles. The largest absolute Gasteiger partial charge is 0.504 e. The second-order valence-corrected chi connectivity index (χ2v) is 3.75. The molecule has 1 aromatic heterocycles. The summed E-state index contributed by atoms with van der Waals surface area (Å²) in [6.07, 6.45) is 0. The van der Waals surface area contributed by atoms with Crippen molar-refractivity contribution in [1.29, 1.82) is 0 Å². The first kappa shape index (κ1) is 9.86. The smallest absolute Gasteiger partial charge is 0.207 e. The van der Waals surface area contributed by atoms with E-state index in [1.807, 2.05) is 30.3 Å². The Morgan fingerprint density at radius 1 is 1.00 bits per heavy atom. The van der Waals surface area contributed by atoms with Crippen LogP contribution < -0.4 is 4.89 Å². The van der Waals surface area contributed by atoms with E-state index >= 15 is 0 Å². The van der Waals surface area contributed by atoms with Gasteiger partial charge in [0.05, 0.1) is 11.0 Å². The SMILES string of the molecule is OOc1ccc2nc3ccccc3cc2c1O. The van der Waals surface area contributed by atoms with Crippen LogP contribution in [0.3, 0.4) is 0 Å². The van der Waals surface area contributed by atoms with Gasteiger partial charge in [-0.2, -0.15) is 0 Å². The summed E-state index contributed by atoms with van der Waals surface area (Å²) in [6.45, 7) is 0. The van der Waals surface area contributed by atoms with Crippen LogP contribution in [0.2, 0.25) is 0 Å². The number of nitrogens with zero attached hydrogens (tertiary/aromatic N) is 1. The third-order valence-corrected chi connectivity index (χ3v) is 2.73. The number of pyridine rings is 1. The average Bonchev–Trinajstić information content (AvgIpc) is 2.37. The van der Waals surface area contributed by atoms with E-state index in [1.165, 1.54) is 6.07 Å². The van der Waals surface area contributed by atoms with Gasteiger partial charge in [-0.25, -0.2) is 10.2 Å². The number of benzene rings is 2. The standard InChI is InChI=1S/C13H9NO3/c15-13-9-7-8-3-1-2-4-10(8)14-11(9)5-6-12(13)17-16/h1-7,15-16H. The predicted molar refractivity (Wildman–Crippen MR) is 64.2 cm³/mol. The Morgan fingerprint density at radius 3 is 2.65 bits per heavy atom. The molecule has 0 aliphatic carbocycles. The first-order valence-electron chi connectivity index (χ1n) is 5.12. The fraction of sp³-hybridized carbons (Fsp3) is 0. The average molecular weight is 227 g/mol. The van der Waals surface area contributed by atoms with Gasteiger partial charge in [0.2, 0.25) is 5.75 Å². The van der Waals surface area contributed by atoms with E-state index in [0.717, 1.165) is 10.9 Å². The molecule has 0 saturated carbocycles. The molecule has 0 unspecified atom stereocenters. The van der Waals surface area contributed by atoms with Crippen LogP contribution >= 0.6 is 0 Å². The summed E-state index contributed by atoms with van der Waals surface area (Å²) in [5.41, 5.74) is 1.51. The van der Waals surface area contributed by atoms with E-state index in [2.05, 4.69) is 9.87 Å². The highest BCUT2D eigenvalue weighted by Gasteiger charge is 2.09. The number of aromatic hydroxyl groups is 1. The van der Waals surface area contributed by atoms with Gasteiger partial charge in [-0.05, 0) is 24.3 Å². The highest BCUT2D eigenvalue weighted by molar-refractivity contribution is 5.96. The summed E-state index contributed by atoms with van der Waals surface area (Å²) in [4.78, 5) is 8.50. The van der Waals surface area contributed by atoms with Crippen LogP contribution in [0, 0.1) is 0 Å². The molecule has 0 spiro atoms. The Bertz CT molecular complexity index is 709. The molecule has 0 fully saturated rings. The van der Waals surface area contributed by atoms with E-state index in [9.17, 15) is 5.11 Å². The Morgan fingerprint density at radius 2 is 1.82 bits per heavy atom. The molecule has 4 nitrogen and oxygen atoms in total. The lowest BCUT2D eigenvalue weighted by molar-refractivity contribution is -0.138. The zero-order chi connectivity index (χ0) is 11.8. The van der Waals surface area contributed by atoms with Crippen molar-refractivity contribution in [2.45, 2.75) is 0 Å². The lowest BCUT2D eigenvalue weighted by Crippen LogP contribution is -1.87. The van der Waals surface area contributed by atoms with Crippen LogP contribution in [0.15, 0.2) is 42.5 Å². The van der Waals surface area contributed by atoms with Crippen LogP contribution in [-0.2, 0) is 0 Å². The molecule has 0 bridgehead atoms. The molecule has 3 rings (SSSR count). The van der Waals surface area contributed by atoms with Crippen molar-refractivity contribution in [3.8, 4) is 11.5 Å². The van der Waals surface area contributed by atoms with Crippen LogP contribution in [0.25, 0.3) is 21.8 Å². The molecular formula is C13H9NO3. The minimum Gasteiger partial charge on any atom is -0.504 e. The van der Waals surface area contributed by atoms with Crippen molar-refractivity contribution >= 4 is 21.8 Å². The van der Waals surface area contributed by atoms with Gasteiger partial charge >= 0.3 is 0 Å². The number of phenolic OH excluding ortho intramolecular Hbond substituents is 1. The van der Waals surface area contributed by atoms with Gasteiger partial charge in [0, 0.05) is 10.8 Å². The maximum atomic E-state index is 9.88. The van der Waals surface area contributed by atoms with Crippen molar-refractivity contribution in [1.82, 2.24) is 4.98 Å². The van der Waals surface area contributed by atoms with Crippen molar-refractivity contribution in [2.24, 2.45) is 0 Å². The first-order valence-corrected chi connectivity index (χ1v) is 5.12. The van der Waals surface area contributed by atoms with Gasteiger partial charge in [-0.15, -0.1) is 0 Å². The molecule has 0 atom stereocenters. The maximum absolute atomic E-state index is 9.88. The number of para-hydroxylation sites is 1. The van der Waals surface area contributed by atoms with E-state index in [1.54, 1.807) is 6.07 Å². The fourth-order valence-electron chi connectivity index (χ4n) is 1.89. The number of fused-ring (bicyclic) bond motifs is 2. The third-order valence-electron chi connectivity index (χ3n) is 2.73. The summed E-state index contributed by atoms with van der Waals surface area (Å²) >= 11 is 0. The fourth-order valence-corrected chi connectivity index (χ4v) is 1.89. The highest BCUT2D eigenvalue weighted by Crippen LogP contribution is 2.34. The van der Waals surface area contributed by atoms with Gasteiger partial charge in [-0.3, -0.25) is 0 Å². The number of aromatic nitrogens is 1. The molecule has 1 heterocycles. The summed E-state index contributed by atoms with van der Waals surface area (Å²) in [6, 6.07) is 12.6. The van der Waals surface area contributed by atoms with E-state index in [4.69, 9.17) is 5.26 Å². The Hall–Kier alpha value is -2.33. The normalized spacial score (nSPS) is 10.9. The second kappa shape index (κ2) is 3.61. The first-order chi connectivity index (χ1) is 8.29. The molecule has 0 amide bonds. The molecule has 17 heavy (non-hydrogen) atoms. The summed E-state index contributed by atoms with van der Waals surface area (Å²) in [5, 5.41) is 20.0. The number of hydrogen-bond acceptors (Lipinski definition) is 4. The lowest BCUT2D eigenvalue weighted by Gasteiger charge is -2.05. The molecule has 2 aromatic carbocycles. The van der Waals surface area contributed by atoms with E-state index in [-0.39, 0.29) is 11.5 Å². The Labute approximate surface area is 96.6 Å². The summed E-state index contributed by atoms with van der Waals surface area (Å²) in [7, 11) is 0. The lowest BCUT2D eigenvalue weighted by atomic mass is 10.1. The molecular weight excluding hydrogens is 218 g/mol. The molecule has 0 radical (unpaired) electrons. The van der Waals surface area contributed by atoms with Crippen molar-refractivity contribution in [3.05, 3.63) is 42.5 Å².